The van der Waals surface area contributed by atoms with Gasteiger partial charge in [-0.3, -0.25) is 4.79 Å². The molecule has 0 radical (unpaired) electrons. The lowest BCUT2D eigenvalue weighted by Crippen LogP contribution is -2.26. The number of carbonyl (C=O) groups excluding carboxylic acids is 1. The van der Waals surface area contributed by atoms with Crippen molar-refractivity contribution in [2.45, 2.75) is 31.9 Å². The van der Waals surface area contributed by atoms with Crippen molar-refractivity contribution in [1.82, 2.24) is 15.3 Å². The maximum Gasteiger partial charge on any atom is 0.222 e. The fraction of sp³-hybridized carbons (Fsp3) is 0.600. The van der Waals surface area contributed by atoms with Crippen molar-refractivity contribution in [3.05, 3.63) is 18.2 Å². The molecule has 1 aliphatic rings. The van der Waals surface area contributed by atoms with Crippen molar-refractivity contribution in [2.24, 2.45) is 0 Å². The van der Waals surface area contributed by atoms with Crippen LogP contribution in [0.25, 0.3) is 0 Å². The highest BCUT2D eigenvalue weighted by Gasteiger charge is 2.18. The number of H-pyrrole nitrogens is 1. The second-order valence-electron chi connectivity index (χ2n) is 3.69. The van der Waals surface area contributed by atoms with E-state index in [2.05, 4.69) is 15.3 Å². The predicted molar refractivity (Wildman–Crippen MR) is 54.0 cm³/mol. The molecule has 0 saturated carbocycles. The minimum absolute atomic E-state index is 0.0384. The summed E-state index contributed by atoms with van der Waals surface area (Å²) in [6.07, 6.45) is 5.95. The van der Waals surface area contributed by atoms with Crippen molar-refractivity contribution in [3.63, 3.8) is 0 Å². The van der Waals surface area contributed by atoms with Gasteiger partial charge >= 0.3 is 0 Å². The van der Waals surface area contributed by atoms with Crippen molar-refractivity contribution in [2.75, 3.05) is 6.61 Å². The number of hydrogen-bond donors (Lipinski definition) is 2. The molecule has 82 valence electrons. The van der Waals surface area contributed by atoms with E-state index in [1.165, 1.54) is 0 Å². The van der Waals surface area contributed by atoms with E-state index >= 15 is 0 Å². The molecular weight excluding hydrogens is 194 g/mol. The molecular formula is C10H15N3O2. The Kier molecular flexibility index (Phi) is 3.34. The lowest BCUT2D eigenvalue weighted by Gasteiger charge is -2.08. The zero-order valence-electron chi connectivity index (χ0n) is 8.53. The van der Waals surface area contributed by atoms with E-state index in [0.29, 0.717) is 13.0 Å². The minimum Gasteiger partial charge on any atom is -0.378 e. The summed E-state index contributed by atoms with van der Waals surface area (Å²) in [5, 5.41) is 2.82. The molecule has 1 aromatic heterocycles. The smallest absolute Gasteiger partial charge is 0.222 e. The van der Waals surface area contributed by atoms with Gasteiger partial charge in [-0.25, -0.2) is 4.98 Å². The van der Waals surface area contributed by atoms with E-state index in [1.54, 1.807) is 12.5 Å². The molecule has 1 atom stereocenters. The van der Waals surface area contributed by atoms with Crippen LogP contribution in [0, 0.1) is 0 Å². The Morgan fingerprint density at radius 3 is 3.33 bits per heavy atom. The molecule has 1 aromatic rings. The average molecular weight is 209 g/mol. The first-order chi connectivity index (χ1) is 7.34. The molecule has 1 saturated heterocycles. The Hall–Kier alpha value is -1.36. The summed E-state index contributed by atoms with van der Waals surface area (Å²) in [6, 6.07) is 0. The van der Waals surface area contributed by atoms with Crippen LogP contribution in [0.2, 0.25) is 0 Å². The number of rotatable bonds is 4. The first-order valence-electron chi connectivity index (χ1n) is 5.20. The molecule has 1 unspecified atom stereocenters. The van der Waals surface area contributed by atoms with Gasteiger partial charge in [-0.15, -0.1) is 0 Å². The molecule has 5 nitrogen and oxygen atoms in total. The fourth-order valence-corrected chi connectivity index (χ4v) is 1.66. The molecule has 15 heavy (non-hydrogen) atoms. The van der Waals surface area contributed by atoms with Crippen LogP contribution in [0.1, 0.15) is 25.0 Å². The Labute approximate surface area is 88.2 Å². The van der Waals surface area contributed by atoms with Crippen LogP contribution in [0.4, 0.5) is 0 Å². The van der Waals surface area contributed by atoms with Gasteiger partial charge in [0.15, 0.2) is 0 Å². The third-order valence-corrected chi connectivity index (χ3v) is 2.47. The number of nitrogens with one attached hydrogen (secondary N) is 2. The van der Waals surface area contributed by atoms with Gasteiger partial charge in [-0.1, -0.05) is 0 Å². The summed E-state index contributed by atoms with van der Waals surface area (Å²) in [5.74, 6) is 0.0384. The number of nitrogens with zero attached hydrogens (tertiary/aromatic N) is 1. The highest BCUT2D eigenvalue weighted by atomic mass is 16.5. The van der Waals surface area contributed by atoms with E-state index in [-0.39, 0.29) is 12.0 Å². The average Bonchev–Trinajstić information content (AvgIpc) is 2.86. The fourth-order valence-electron chi connectivity index (χ4n) is 1.66. The van der Waals surface area contributed by atoms with Crippen LogP contribution in [0.5, 0.6) is 0 Å². The van der Waals surface area contributed by atoms with Crippen LogP contribution in [-0.2, 0) is 16.1 Å². The Bertz CT molecular complexity index is 304. The Balaban J connectivity index is 1.68. The van der Waals surface area contributed by atoms with Gasteiger partial charge in [-0.05, 0) is 12.8 Å². The first kappa shape index (κ1) is 10.2. The molecule has 2 rings (SSSR count). The van der Waals surface area contributed by atoms with Gasteiger partial charge in [0.2, 0.25) is 5.91 Å². The lowest BCUT2D eigenvalue weighted by molar-refractivity contribution is -0.123. The summed E-state index contributed by atoms with van der Waals surface area (Å²) in [4.78, 5) is 18.3. The van der Waals surface area contributed by atoms with Crippen molar-refractivity contribution in [3.8, 4) is 0 Å². The summed E-state index contributed by atoms with van der Waals surface area (Å²) < 4.78 is 5.38. The van der Waals surface area contributed by atoms with E-state index < -0.39 is 0 Å². The summed E-state index contributed by atoms with van der Waals surface area (Å²) >= 11 is 0. The Morgan fingerprint density at radius 1 is 1.73 bits per heavy atom. The second kappa shape index (κ2) is 4.93. The van der Waals surface area contributed by atoms with Gasteiger partial charge in [-0.2, -0.15) is 0 Å². The molecule has 2 heterocycles. The molecule has 1 amide bonds. The quantitative estimate of drug-likeness (QED) is 0.762. The molecule has 0 aromatic carbocycles. The van der Waals surface area contributed by atoms with Crippen LogP contribution in [0.3, 0.4) is 0 Å². The van der Waals surface area contributed by atoms with Crippen LogP contribution < -0.4 is 5.32 Å². The number of hydrogen-bond acceptors (Lipinski definition) is 3. The van der Waals surface area contributed by atoms with E-state index in [4.69, 9.17) is 4.74 Å². The number of ether oxygens (including phenoxy) is 1. The topological polar surface area (TPSA) is 67.0 Å². The second-order valence-corrected chi connectivity index (χ2v) is 3.69. The Morgan fingerprint density at radius 2 is 2.67 bits per heavy atom. The van der Waals surface area contributed by atoms with Gasteiger partial charge in [0.25, 0.3) is 0 Å². The number of imidazole rings is 1. The maximum atomic E-state index is 11.5. The van der Waals surface area contributed by atoms with Crippen LogP contribution >= 0.6 is 0 Å². The van der Waals surface area contributed by atoms with Crippen molar-refractivity contribution < 1.29 is 9.53 Å². The number of aromatic amines is 1. The molecule has 0 bridgehead atoms. The van der Waals surface area contributed by atoms with Crippen LogP contribution in [-0.4, -0.2) is 28.6 Å². The normalized spacial score (nSPS) is 20.4. The van der Waals surface area contributed by atoms with E-state index in [1.807, 2.05) is 0 Å². The largest absolute Gasteiger partial charge is 0.378 e. The minimum atomic E-state index is 0.0384. The summed E-state index contributed by atoms with van der Waals surface area (Å²) in [5.41, 5.74) is 0.913. The molecule has 0 spiro atoms. The third-order valence-electron chi connectivity index (χ3n) is 2.47. The standard InChI is InChI=1S/C10H15N3O2/c14-10(4-9-2-1-3-15-9)12-6-8-5-11-7-13-8/h5,7,9H,1-4,6H2,(H,11,13)(H,12,14). The molecule has 5 heteroatoms. The zero-order valence-corrected chi connectivity index (χ0v) is 8.53. The molecule has 1 aliphatic heterocycles. The number of carbonyl (C=O) groups is 1. The van der Waals surface area contributed by atoms with Gasteiger partial charge in [0.1, 0.15) is 0 Å². The van der Waals surface area contributed by atoms with Crippen molar-refractivity contribution in [1.29, 1.82) is 0 Å². The summed E-state index contributed by atoms with van der Waals surface area (Å²) in [6.45, 7) is 1.30. The zero-order chi connectivity index (χ0) is 10.5. The molecule has 2 N–H and O–H groups in total. The lowest BCUT2D eigenvalue weighted by atomic mass is 10.2. The van der Waals surface area contributed by atoms with Gasteiger partial charge in [0.05, 0.1) is 31.1 Å². The van der Waals surface area contributed by atoms with Gasteiger partial charge in [0, 0.05) is 12.8 Å². The van der Waals surface area contributed by atoms with Crippen LogP contribution in [0.15, 0.2) is 12.5 Å². The van der Waals surface area contributed by atoms with E-state index in [0.717, 1.165) is 25.1 Å². The maximum absolute atomic E-state index is 11.5. The van der Waals surface area contributed by atoms with E-state index in [9.17, 15) is 4.79 Å². The highest BCUT2D eigenvalue weighted by molar-refractivity contribution is 5.76. The number of amides is 1. The predicted octanol–water partition coefficient (Wildman–Crippen LogP) is 0.595. The molecule has 0 aliphatic carbocycles. The summed E-state index contributed by atoms with van der Waals surface area (Å²) in [7, 11) is 0. The molecule has 1 fully saturated rings. The highest BCUT2D eigenvalue weighted by Crippen LogP contribution is 2.14. The van der Waals surface area contributed by atoms with Crippen molar-refractivity contribution >= 4 is 5.91 Å². The van der Waals surface area contributed by atoms with Gasteiger partial charge < -0.3 is 15.0 Å². The number of aromatic nitrogens is 2. The third kappa shape index (κ3) is 3.06. The monoisotopic (exact) mass is 209 g/mol. The first-order valence-corrected chi connectivity index (χ1v) is 5.20. The SMILES string of the molecule is O=C(CC1CCCO1)NCc1cnc[nH]1.